The number of hydrogen-bond acceptors (Lipinski definition) is 3. The van der Waals surface area contributed by atoms with Gasteiger partial charge in [-0.3, -0.25) is 4.98 Å². The van der Waals surface area contributed by atoms with Gasteiger partial charge in [0.2, 0.25) is 0 Å². The van der Waals surface area contributed by atoms with Crippen LogP contribution >= 0.6 is 27.5 Å². The number of hydrogen-bond donors (Lipinski definition) is 1. The molecule has 0 fully saturated rings. The van der Waals surface area contributed by atoms with Crippen LogP contribution in [-0.2, 0) is 0 Å². The first-order chi connectivity index (χ1) is 14.7. The van der Waals surface area contributed by atoms with Crippen LogP contribution < -0.4 is 4.74 Å². The number of H-pyrrole nitrogens is 1. The van der Waals surface area contributed by atoms with E-state index < -0.39 is 12.2 Å². The van der Waals surface area contributed by atoms with Crippen LogP contribution in [0.4, 0.5) is 17.6 Å². The molecule has 0 spiro atoms. The van der Waals surface area contributed by atoms with Crippen molar-refractivity contribution in [1.82, 2.24) is 15.0 Å². The van der Waals surface area contributed by atoms with Crippen LogP contribution in [0.15, 0.2) is 65.4 Å². The number of aromatic nitrogens is 3. The van der Waals surface area contributed by atoms with E-state index in [1.165, 1.54) is 36.4 Å². The largest absolute Gasteiger partial charge is 0.573 e. The van der Waals surface area contributed by atoms with Crippen molar-refractivity contribution in [3.63, 3.8) is 0 Å². The van der Waals surface area contributed by atoms with Crippen LogP contribution in [0.1, 0.15) is 0 Å². The minimum Gasteiger partial charge on any atom is -0.406 e. The summed E-state index contributed by atoms with van der Waals surface area (Å²) in [5.74, 6) is -0.561. The number of alkyl halides is 3. The lowest BCUT2D eigenvalue weighted by atomic mass is 10.1. The van der Waals surface area contributed by atoms with Gasteiger partial charge in [0.05, 0.1) is 16.3 Å². The van der Waals surface area contributed by atoms with E-state index in [1.807, 2.05) is 0 Å². The zero-order valence-corrected chi connectivity index (χ0v) is 17.7. The van der Waals surface area contributed by atoms with Crippen LogP contribution in [0, 0.1) is 5.82 Å². The Morgan fingerprint density at radius 3 is 2.29 bits per heavy atom. The monoisotopic (exact) mass is 511 g/mol. The van der Waals surface area contributed by atoms with Gasteiger partial charge in [-0.2, -0.15) is 0 Å². The standard InChI is InChI=1S/C21H11BrClF4N3O/c22-19-18(29-20(30-19)17-14(23)2-1-3-15(17)24)12-6-9-16(28-10-12)11-4-7-13(8-5-11)31-21(25,26)27/h1-10H,(H,29,30). The van der Waals surface area contributed by atoms with Gasteiger partial charge < -0.3 is 9.72 Å². The summed E-state index contributed by atoms with van der Waals surface area (Å²) in [6.07, 6.45) is -3.19. The van der Waals surface area contributed by atoms with Crippen LogP contribution in [0.25, 0.3) is 33.9 Å². The van der Waals surface area contributed by atoms with E-state index in [2.05, 4.69) is 35.6 Å². The Bertz CT molecular complexity index is 1200. The molecule has 4 nitrogen and oxygen atoms in total. The van der Waals surface area contributed by atoms with Gasteiger partial charge >= 0.3 is 6.36 Å². The fourth-order valence-corrected chi connectivity index (χ4v) is 3.68. The lowest BCUT2D eigenvalue weighted by molar-refractivity contribution is -0.274. The first kappa shape index (κ1) is 21.3. The Labute approximate surface area is 187 Å². The van der Waals surface area contributed by atoms with Gasteiger partial charge in [-0.1, -0.05) is 17.7 Å². The SMILES string of the molecule is Fc1cccc(Cl)c1-c1nc(-c2ccc(-c3ccc(OC(F)(F)F)cc3)nc2)c(Br)[nH]1. The molecule has 0 aliphatic rings. The third-order valence-corrected chi connectivity index (χ3v) is 5.17. The molecule has 2 heterocycles. The minimum atomic E-state index is -4.75. The first-order valence-electron chi connectivity index (χ1n) is 8.74. The highest BCUT2D eigenvalue weighted by atomic mass is 79.9. The second-order valence-electron chi connectivity index (χ2n) is 6.35. The van der Waals surface area contributed by atoms with Gasteiger partial charge in [0.1, 0.15) is 27.7 Å². The maximum absolute atomic E-state index is 14.2. The van der Waals surface area contributed by atoms with E-state index in [1.54, 1.807) is 24.4 Å². The fourth-order valence-electron chi connectivity index (χ4n) is 2.92. The number of nitrogens with one attached hydrogen (secondary N) is 1. The van der Waals surface area contributed by atoms with Crippen molar-refractivity contribution >= 4 is 27.5 Å². The average molecular weight is 513 g/mol. The number of nitrogens with zero attached hydrogens (tertiary/aromatic N) is 2. The topological polar surface area (TPSA) is 50.8 Å². The molecule has 0 amide bonds. The molecule has 158 valence electrons. The quantitative estimate of drug-likeness (QED) is 0.293. The molecule has 4 rings (SSSR count). The summed E-state index contributed by atoms with van der Waals surface area (Å²) >= 11 is 9.49. The Kier molecular flexibility index (Phi) is 5.72. The molecular weight excluding hydrogens is 502 g/mol. The van der Waals surface area contributed by atoms with E-state index >= 15 is 0 Å². The number of rotatable bonds is 4. The van der Waals surface area contributed by atoms with Crippen LogP contribution in [-0.4, -0.2) is 21.3 Å². The lowest BCUT2D eigenvalue weighted by Gasteiger charge is -2.09. The third kappa shape index (κ3) is 4.72. The Morgan fingerprint density at radius 2 is 1.68 bits per heavy atom. The number of ether oxygens (including phenoxy) is 1. The maximum Gasteiger partial charge on any atom is 0.573 e. The summed E-state index contributed by atoms with van der Waals surface area (Å²) in [6.45, 7) is 0. The van der Waals surface area contributed by atoms with E-state index in [-0.39, 0.29) is 22.2 Å². The van der Waals surface area contributed by atoms with Crippen LogP contribution in [0.5, 0.6) is 5.75 Å². The molecular formula is C21H11BrClF4N3O. The molecule has 0 unspecified atom stereocenters. The van der Waals surface area contributed by atoms with Gasteiger partial charge in [0.15, 0.2) is 0 Å². The van der Waals surface area contributed by atoms with E-state index in [0.29, 0.717) is 27.1 Å². The van der Waals surface area contributed by atoms with E-state index in [4.69, 9.17) is 11.6 Å². The van der Waals surface area contributed by atoms with Gasteiger partial charge in [0, 0.05) is 17.3 Å². The molecule has 2 aromatic carbocycles. The average Bonchev–Trinajstić information content (AvgIpc) is 3.08. The maximum atomic E-state index is 14.2. The van der Waals surface area contributed by atoms with Crippen molar-refractivity contribution in [2.24, 2.45) is 0 Å². The van der Waals surface area contributed by atoms with Crippen molar-refractivity contribution in [1.29, 1.82) is 0 Å². The molecule has 0 saturated carbocycles. The molecule has 10 heteroatoms. The van der Waals surface area contributed by atoms with Gasteiger partial charge in [-0.05, 0) is 64.5 Å². The molecule has 0 aliphatic carbocycles. The molecule has 0 bridgehead atoms. The summed E-state index contributed by atoms with van der Waals surface area (Å²) in [4.78, 5) is 11.7. The van der Waals surface area contributed by atoms with Crippen LogP contribution in [0.2, 0.25) is 5.02 Å². The molecule has 0 atom stereocenters. The molecule has 0 saturated heterocycles. The van der Waals surface area contributed by atoms with E-state index in [0.717, 1.165) is 0 Å². The third-order valence-electron chi connectivity index (χ3n) is 4.28. The van der Waals surface area contributed by atoms with Crippen molar-refractivity contribution < 1.29 is 22.3 Å². The summed E-state index contributed by atoms with van der Waals surface area (Å²) in [5, 5.41) is 0.222. The highest BCUT2D eigenvalue weighted by Crippen LogP contribution is 2.34. The molecule has 31 heavy (non-hydrogen) atoms. The molecule has 0 aliphatic heterocycles. The number of halogens is 6. The molecule has 4 aromatic rings. The van der Waals surface area contributed by atoms with Crippen molar-refractivity contribution in [2.45, 2.75) is 6.36 Å². The second kappa shape index (κ2) is 8.32. The van der Waals surface area contributed by atoms with Crippen LogP contribution in [0.3, 0.4) is 0 Å². The predicted molar refractivity (Wildman–Crippen MR) is 112 cm³/mol. The second-order valence-corrected chi connectivity index (χ2v) is 7.55. The lowest BCUT2D eigenvalue weighted by Crippen LogP contribution is -2.16. The number of aromatic amines is 1. The normalized spacial score (nSPS) is 11.5. The predicted octanol–water partition coefficient (Wildman–Crippen LogP) is 7.26. The number of imidazole rings is 1. The van der Waals surface area contributed by atoms with Crippen molar-refractivity contribution in [3.05, 3.63) is 76.2 Å². The molecule has 2 aromatic heterocycles. The molecule has 1 N–H and O–H groups in total. The zero-order valence-electron chi connectivity index (χ0n) is 15.3. The zero-order chi connectivity index (χ0) is 22.2. The Hall–Kier alpha value is -2.91. The highest BCUT2D eigenvalue weighted by Gasteiger charge is 2.31. The minimum absolute atomic E-state index is 0.155. The van der Waals surface area contributed by atoms with Gasteiger partial charge in [-0.25, -0.2) is 9.37 Å². The van der Waals surface area contributed by atoms with Crippen molar-refractivity contribution in [3.8, 4) is 39.7 Å². The molecule has 0 radical (unpaired) electrons. The fraction of sp³-hybridized carbons (Fsp3) is 0.0476. The highest BCUT2D eigenvalue weighted by molar-refractivity contribution is 9.10. The number of pyridine rings is 1. The Balaban J connectivity index is 1.60. The summed E-state index contributed by atoms with van der Waals surface area (Å²) in [6, 6.07) is 13.2. The Morgan fingerprint density at radius 1 is 0.968 bits per heavy atom. The van der Waals surface area contributed by atoms with E-state index in [9.17, 15) is 17.6 Å². The smallest absolute Gasteiger partial charge is 0.406 e. The summed E-state index contributed by atoms with van der Waals surface area (Å²) in [7, 11) is 0. The summed E-state index contributed by atoms with van der Waals surface area (Å²) < 4.78 is 55.4. The van der Waals surface area contributed by atoms with Gasteiger partial charge in [-0.15, -0.1) is 13.2 Å². The first-order valence-corrected chi connectivity index (χ1v) is 9.91. The summed E-state index contributed by atoms with van der Waals surface area (Å²) in [5.41, 5.74) is 2.46. The number of benzene rings is 2. The van der Waals surface area contributed by atoms with Crippen molar-refractivity contribution in [2.75, 3.05) is 0 Å². The van der Waals surface area contributed by atoms with Gasteiger partial charge in [0.25, 0.3) is 0 Å².